The van der Waals surface area contributed by atoms with Gasteiger partial charge in [-0.2, -0.15) is 0 Å². The summed E-state index contributed by atoms with van der Waals surface area (Å²) < 4.78 is 19.0. The molecular weight excluding hydrogens is 1100 g/mol. The number of oxime groups is 1. The third-order valence-electron chi connectivity index (χ3n) is 13.5. The van der Waals surface area contributed by atoms with E-state index in [1.807, 2.05) is 158 Å². The van der Waals surface area contributed by atoms with Crippen molar-refractivity contribution >= 4 is 91.0 Å². The van der Waals surface area contributed by atoms with Crippen LogP contribution in [0.1, 0.15) is 52.1 Å². The molecule has 2 amide bonds. The first-order valence-electron chi connectivity index (χ1n) is 25.7. The average molecular weight is 1150 g/mol. The number of methoxy groups -OCH3 is 1. The Balaban J connectivity index is 0.896. The first kappa shape index (κ1) is 54.3. The van der Waals surface area contributed by atoms with E-state index in [1.165, 1.54) is 58.0 Å². The van der Waals surface area contributed by atoms with Crippen LogP contribution in [-0.2, 0) is 45.6 Å². The fourth-order valence-corrected chi connectivity index (χ4v) is 13.7. The Morgan fingerprint density at radius 3 is 1.99 bits per heavy atom. The minimum absolute atomic E-state index is 0.0593. The number of esters is 2. The number of amides is 2. The second kappa shape index (κ2) is 24.8. The second-order valence-corrected chi connectivity index (χ2v) is 22.9. The Labute approximate surface area is 483 Å². The summed E-state index contributed by atoms with van der Waals surface area (Å²) in [6, 6.07) is 56.6. The number of fused-ring (bicyclic) bond motifs is 2. The fraction of sp³-hybridized carbons (Fsp3) is 0.161. The van der Waals surface area contributed by atoms with Crippen LogP contribution in [0.25, 0.3) is 10.2 Å². The van der Waals surface area contributed by atoms with Crippen molar-refractivity contribution in [3.63, 3.8) is 0 Å². The zero-order valence-electron chi connectivity index (χ0n) is 43.6. The standard InChI is InChI=1S/C62H51N7O8S4/c1-39(58(72)76-54(41-18-8-3-9-19-41)42-20-10-4-11-21-42)77-68-51(49-38-79-60(64-49)67-62(44-22-12-5-13-23-44,45-24-14-6-15-25-45)46-26-16-7-17-27-46)55(70)66-52-56(71)69-53(59(73)75-35-40-28-30-47(74-2)31-29-40)43(36-78-57(52)69)37-80-61-65-48-32-33-63-34-50(48)81-61/h3-34,38-39,52,54,57H,35-37H2,1-2H3,(H,64,67)(H,66,70)/b68-51+/t39-,52?,57+/m0/s1. The minimum Gasteiger partial charge on any atom is -0.497 e. The molecule has 1 fully saturated rings. The number of nitrogens with one attached hydrogen (secondary N) is 2. The summed E-state index contributed by atoms with van der Waals surface area (Å²) in [5.41, 5.74) is 5.42. The zero-order valence-corrected chi connectivity index (χ0v) is 46.9. The highest BCUT2D eigenvalue weighted by Crippen LogP contribution is 2.44. The van der Waals surface area contributed by atoms with E-state index in [4.69, 9.17) is 29.0 Å². The summed E-state index contributed by atoms with van der Waals surface area (Å²) in [7, 11) is 1.57. The molecule has 3 atom stereocenters. The van der Waals surface area contributed by atoms with Crippen LogP contribution in [0, 0.1) is 0 Å². The molecule has 1 saturated heterocycles. The molecule has 2 aliphatic heterocycles. The lowest BCUT2D eigenvalue weighted by Crippen LogP contribution is -2.71. The van der Waals surface area contributed by atoms with Gasteiger partial charge in [0.2, 0.25) is 6.10 Å². The maximum atomic E-state index is 15.0. The molecule has 1 unspecified atom stereocenters. The van der Waals surface area contributed by atoms with E-state index in [1.54, 1.807) is 49.1 Å². The van der Waals surface area contributed by atoms with Crippen molar-refractivity contribution in [2.75, 3.05) is 23.9 Å². The van der Waals surface area contributed by atoms with Crippen molar-refractivity contribution in [2.24, 2.45) is 5.16 Å². The highest BCUT2D eigenvalue weighted by Gasteiger charge is 2.55. The smallest absolute Gasteiger partial charge is 0.355 e. The van der Waals surface area contributed by atoms with Gasteiger partial charge < -0.3 is 29.7 Å². The largest absolute Gasteiger partial charge is 0.497 e. The van der Waals surface area contributed by atoms with E-state index in [0.29, 0.717) is 28.0 Å². The maximum Gasteiger partial charge on any atom is 0.355 e. The van der Waals surface area contributed by atoms with E-state index in [2.05, 4.69) is 20.8 Å². The van der Waals surface area contributed by atoms with Gasteiger partial charge in [0, 0.05) is 29.3 Å². The first-order valence-corrected chi connectivity index (χ1v) is 29.5. The molecule has 19 heteroatoms. The van der Waals surface area contributed by atoms with Gasteiger partial charge in [0.05, 0.1) is 17.3 Å². The number of β-lactam (4-membered cyclic amide) rings is 1. The number of benzene rings is 6. The van der Waals surface area contributed by atoms with Gasteiger partial charge in [0.1, 0.15) is 40.7 Å². The van der Waals surface area contributed by atoms with Gasteiger partial charge in [-0.25, -0.2) is 19.6 Å². The monoisotopic (exact) mass is 1150 g/mol. The molecule has 0 spiro atoms. The molecule has 0 aliphatic carbocycles. The lowest BCUT2D eigenvalue weighted by atomic mass is 9.77. The van der Waals surface area contributed by atoms with Crippen LogP contribution in [0.2, 0.25) is 0 Å². The van der Waals surface area contributed by atoms with Crippen LogP contribution in [0.3, 0.4) is 0 Å². The van der Waals surface area contributed by atoms with E-state index >= 15 is 0 Å². The molecule has 9 aromatic rings. The van der Waals surface area contributed by atoms with Crippen molar-refractivity contribution in [1.82, 2.24) is 25.2 Å². The number of aromatic nitrogens is 3. The summed E-state index contributed by atoms with van der Waals surface area (Å²) in [5, 5.41) is 12.4. The second-order valence-electron chi connectivity index (χ2n) is 18.7. The minimum atomic E-state index is -1.32. The molecule has 5 heterocycles. The lowest BCUT2D eigenvalue weighted by molar-refractivity contribution is -0.160. The van der Waals surface area contributed by atoms with Gasteiger partial charge in [-0.15, -0.1) is 34.4 Å². The topological polar surface area (TPSA) is 184 Å². The lowest BCUT2D eigenvalue weighted by Gasteiger charge is -2.49. The van der Waals surface area contributed by atoms with Crippen LogP contribution in [0.5, 0.6) is 5.75 Å². The van der Waals surface area contributed by atoms with E-state index in [0.717, 1.165) is 47.9 Å². The van der Waals surface area contributed by atoms with Gasteiger partial charge >= 0.3 is 11.9 Å². The molecule has 11 rings (SSSR count). The van der Waals surface area contributed by atoms with Gasteiger partial charge in [-0.05, 0) is 64.1 Å². The summed E-state index contributed by atoms with van der Waals surface area (Å²) in [5.74, 6) is -1.43. The Bertz CT molecular complexity index is 3570. The van der Waals surface area contributed by atoms with Crippen molar-refractivity contribution < 1.29 is 38.2 Å². The Morgan fingerprint density at radius 1 is 0.790 bits per heavy atom. The molecule has 0 saturated carbocycles. The number of carbonyl (C=O) groups is 4. The molecule has 81 heavy (non-hydrogen) atoms. The third kappa shape index (κ3) is 11.8. The maximum absolute atomic E-state index is 15.0. The van der Waals surface area contributed by atoms with Crippen molar-refractivity contribution in [1.29, 1.82) is 0 Å². The Hall–Kier alpha value is -8.62. The molecular formula is C62H51N7O8S4. The molecule has 3 aromatic heterocycles. The predicted molar refractivity (Wildman–Crippen MR) is 316 cm³/mol. The van der Waals surface area contributed by atoms with Gasteiger partial charge in [-0.1, -0.05) is 181 Å². The number of hydrogen-bond acceptors (Lipinski definition) is 17. The van der Waals surface area contributed by atoms with Crippen LogP contribution in [0.4, 0.5) is 5.13 Å². The molecule has 0 bridgehead atoms. The zero-order chi connectivity index (χ0) is 55.7. The number of ether oxygens (including phenoxy) is 3. The van der Waals surface area contributed by atoms with Crippen molar-refractivity contribution in [3.8, 4) is 5.75 Å². The van der Waals surface area contributed by atoms with Gasteiger partial charge in [0.25, 0.3) is 11.8 Å². The summed E-state index contributed by atoms with van der Waals surface area (Å²) in [6.45, 7) is 1.42. The van der Waals surface area contributed by atoms with Crippen molar-refractivity contribution in [2.45, 2.75) is 47.0 Å². The summed E-state index contributed by atoms with van der Waals surface area (Å²) in [6.07, 6.45) is 1.36. The highest BCUT2D eigenvalue weighted by atomic mass is 32.2. The average Bonchev–Trinajstić information content (AvgIpc) is 4.29. The van der Waals surface area contributed by atoms with Crippen molar-refractivity contribution in [3.05, 3.63) is 250 Å². The number of carbonyl (C=O) groups excluding carboxylic acids is 4. The normalized spacial score (nSPS) is 15.6. The number of pyridine rings is 1. The fourth-order valence-electron chi connectivity index (χ4n) is 9.46. The molecule has 406 valence electrons. The van der Waals surface area contributed by atoms with Crippen LogP contribution in [0.15, 0.2) is 221 Å². The summed E-state index contributed by atoms with van der Waals surface area (Å²) in [4.78, 5) is 79.2. The van der Waals surface area contributed by atoms with E-state index in [9.17, 15) is 19.2 Å². The number of rotatable bonds is 21. The molecule has 2 aliphatic rings. The Morgan fingerprint density at radius 2 is 1.40 bits per heavy atom. The molecule has 15 nitrogen and oxygen atoms in total. The molecule has 0 radical (unpaired) electrons. The van der Waals surface area contributed by atoms with E-state index < -0.39 is 52.9 Å². The number of nitrogens with zero attached hydrogens (tertiary/aromatic N) is 5. The van der Waals surface area contributed by atoms with E-state index in [-0.39, 0.29) is 23.7 Å². The number of thiazole rings is 2. The molecule has 2 N–H and O–H groups in total. The first-order chi connectivity index (χ1) is 39.7. The van der Waals surface area contributed by atoms with Crippen LogP contribution < -0.4 is 15.4 Å². The number of thioether (sulfide) groups is 2. The SMILES string of the molecule is COc1ccc(COC(=O)C2=C(CSc3nc4ccncc4s3)CS[C@@H]3C(NC(=O)/C(=N/O[C@@H](C)C(=O)OC(c4ccccc4)c4ccccc4)c4csc(NC(c5ccccc5)(c5ccccc5)c5ccccc5)n4)C(=O)N23)cc1. The third-order valence-corrected chi connectivity index (χ3v) is 17.9. The van der Waals surface area contributed by atoms with Crippen LogP contribution in [-0.4, -0.2) is 85.5 Å². The number of hydrogen-bond donors (Lipinski definition) is 2. The number of anilines is 1. The quantitative estimate of drug-likeness (QED) is 0.0173. The van der Waals surface area contributed by atoms with Gasteiger partial charge in [-0.3, -0.25) is 19.5 Å². The predicted octanol–water partition coefficient (Wildman–Crippen LogP) is 11.2. The molecule has 6 aromatic carbocycles. The van der Waals surface area contributed by atoms with Gasteiger partial charge in [0.15, 0.2) is 21.3 Å². The van der Waals surface area contributed by atoms with Crippen LogP contribution >= 0.6 is 46.2 Å². The Kier molecular flexibility index (Phi) is 16.6. The highest BCUT2D eigenvalue weighted by molar-refractivity contribution is 8.02. The summed E-state index contributed by atoms with van der Waals surface area (Å²) >= 11 is 5.58.